The number of amides is 2. The molecule has 0 aromatic carbocycles. The molecule has 2 heterocycles. The number of furan rings is 1. The Morgan fingerprint density at radius 1 is 1.65 bits per heavy atom. The lowest BCUT2D eigenvalue weighted by Gasteiger charge is -2.20. The first-order chi connectivity index (χ1) is 8.18. The van der Waals surface area contributed by atoms with Crippen LogP contribution in [0.2, 0.25) is 0 Å². The van der Waals surface area contributed by atoms with E-state index >= 15 is 0 Å². The maximum absolute atomic E-state index is 11.8. The van der Waals surface area contributed by atoms with Crippen molar-refractivity contribution in [1.82, 2.24) is 10.2 Å². The molecule has 0 spiro atoms. The molecule has 1 fully saturated rings. The molecule has 1 saturated heterocycles. The second-order valence-corrected chi connectivity index (χ2v) is 4.56. The Morgan fingerprint density at radius 2 is 2.47 bits per heavy atom. The van der Waals surface area contributed by atoms with Crippen molar-refractivity contribution in [2.24, 2.45) is 0 Å². The minimum absolute atomic E-state index is 0.263. The summed E-state index contributed by atoms with van der Waals surface area (Å²) in [5.41, 5.74) is 0. The number of carbonyl (C=O) groups is 2. The molecule has 92 valence electrons. The third-order valence-electron chi connectivity index (χ3n) is 2.42. The molecule has 0 saturated carbocycles. The summed E-state index contributed by atoms with van der Waals surface area (Å²) in [5, 5.41) is 11.6. The van der Waals surface area contributed by atoms with Crippen LogP contribution in [0.1, 0.15) is 5.76 Å². The minimum Gasteiger partial charge on any atom is -0.480 e. The number of hydrogen-bond donors (Lipinski definition) is 2. The number of nitrogens with one attached hydrogen (secondary N) is 1. The van der Waals surface area contributed by atoms with Gasteiger partial charge in [0.25, 0.3) is 0 Å². The molecule has 0 radical (unpaired) electrons. The van der Waals surface area contributed by atoms with Crippen LogP contribution in [-0.4, -0.2) is 39.7 Å². The van der Waals surface area contributed by atoms with Gasteiger partial charge >= 0.3 is 12.0 Å². The molecule has 0 bridgehead atoms. The third kappa shape index (κ3) is 2.73. The van der Waals surface area contributed by atoms with E-state index in [0.717, 1.165) is 0 Å². The molecule has 1 atom stereocenters. The van der Waals surface area contributed by atoms with Crippen LogP contribution in [0.4, 0.5) is 4.79 Å². The molecule has 6 nitrogen and oxygen atoms in total. The number of carboxylic acids is 1. The van der Waals surface area contributed by atoms with Gasteiger partial charge in [0, 0.05) is 5.75 Å². The largest absolute Gasteiger partial charge is 0.480 e. The molecule has 2 rings (SSSR count). The predicted molar refractivity (Wildman–Crippen MR) is 61.5 cm³/mol. The van der Waals surface area contributed by atoms with Crippen molar-refractivity contribution in [3.8, 4) is 0 Å². The van der Waals surface area contributed by atoms with Gasteiger partial charge in [0.15, 0.2) is 0 Å². The monoisotopic (exact) mass is 256 g/mol. The van der Waals surface area contributed by atoms with E-state index in [1.807, 2.05) is 0 Å². The molecule has 7 heteroatoms. The van der Waals surface area contributed by atoms with Crippen LogP contribution in [0.15, 0.2) is 22.8 Å². The normalized spacial score (nSPS) is 19.3. The molecule has 2 amide bonds. The van der Waals surface area contributed by atoms with Gasteiger partial charge in [-0.3, -0.25) is 0 Å². The maximum Gasteiger partial charge on any atom is 0.327 e. The smallest absolute Gasteiger partial charge is 0.327 e. The fourth-order valence-corrected chi connectivity index (χ4v) is 2.67. The van der Waals surface area contributed by atoms with E-state index in [1.165, 1.54) is 22.9 Å². The fourth-order valence-electron chi connectivity index (χ4n) is 1.52. The van der Waals surface area contributed by atoms with Crippen molar-refractivity contribution < 1.29 is 19.1 Å². The van der Waals surface area contributed by atoms with Crippen molar-refractivity contribution in [3.05, 3.63) is 24.2 Å². The van der Waals surface area contributed by atoms with Crippen molar-refractivity contribution in [3.63, 3.8) is 0 Å². The topological polar surface area (TPSA) is 82.8 Å². The zero-order chi connectivity index (χ0) is 12.3. The first kappa shape index (κ1) is 11.8. The van der Waals surface area contributed by atoms with E-state index in [2.05, 4.69) is 5.32 Å². The standard InChI is InChI=1S/C10H12N2O4S/c13-9(14)8-5-17-6-12(8)10(15)11-4-7-2-1-3-16-7/h1-3,8H,4-6H2,(H,11,15)(H,13,14). The molecule has 0 aliphatic carbocycles. The molecule has 2 N–H and O–H groups in total. The predicted octanol–water partition coefficient (Wildman–Crippen LogP) is 0.949. The number of carboxylic acid groups (broad SMARTS) is 1. The lowest BCUT2D eigenvalue weighted by molar-refractivity contribution is -0.140. The number of urea groups is 1. The zero-order valence-electron chi connectivity index (χ0n) is 8.96. The van der Waals surface area contributed by atoms with E-state index in [0.29, 0.717) is 17.4 Å². The summed E-state index contributed by atoms with van der Waals surface area (Å²) in [4.78, 5) is 24.0. The van der Waals surface area contributed by atoms with Crippen molar-refractivity contribution >= 4 is 23.8 Å². The van der Waals surface area contributed by atoms with E-state index in [1.54, 1.807) is 12.1 Å². The van der Waals surface area contributed by atoms with Gasteiger partial charge in [-0.25, -0.2) is 9.59 Å². The molecular weight excluding hydrogens is 244 g/mol. The van der Waals surface area contributed by atoms with E-state index in [-0.39, 0.29) is 12.6 Å². The quantitative estimate of drug-likeness (QED) is 0.841. The van der Waals surface area contributed by atoms with Crippen molar-refractivity contribution in [1.29, 1.82) is 0 Å². The third-order valence-corrected chi connectivity index (χ3v) is 3.43. The van der Waals surface area contributed by atoms with Crippen LogP contribution in [0.5, 0.6) is 0 Å². The van der Waals surface area contributed by atoms with Gasteiger partial charge in [0.1, 0.15) is 11.8 Å². The molecule has 1 aliphatic heterocycles. The van der Waals surface area contributed by atoms with Crippen molar-refractivity contribution in [2.45, 2.75) is 12.6 Å². The Hall–Kier alpha value is -1.63. The second-order valence-electron chi connectivity index (χ2n) is 3.56. The summed E-state index contributed by atoms with van der Waals surface area (Å²) >= 11 is 1.43. The SMILES string of the molecule is O=C(O)C1CSCN1C(=O)NCc1ccco1. The highest BCUT2D eigenvalue weighted by molar-refractivity contribution is 7.99. The van der Waals surface area contributed by atoms with Crippen molar-refractivity contribution in [2.75, 3.05) is 11.6 Å². The molecular formula is C10H12N2O4S. The first-order valence-electron chi connectivity index (χ1n) is 5.06. The Labute approximate surface area is 102 Å². The van der Waals surface area contributed by atoms with Crippen LogP contribution in [-0.2, 0) is 11.3 Å². The molecule has 17 heavy (non-hydrogen) atoms. The van der Waals surface area contributed by atoms with Crippen LogP contribution in [0.3, 0.4) is 0 Å². The Bertz CT molecular complexity index is 406. The summed E-state index contributed by atoms with van der Waals surface area (Å²) < 4.78 is 5.07. The van der Waals surface area contributed by atoms with Gasteiger partial charge in [-0.1, -0.05) is 0 Å². The van der Waals surface area contributed by atoms with Gasteiger partial charge in [0.05, 0.1) is 18.7 Å². The Balaban J connectivity index is 1.89. The maximum atomic E-state index is 11.8. The summed E-state index contributed by atoms with van der Waals surface area (Å²) in [6.07, 6.45) is 1.52. The highest BCUT2D eigenvalue weighted by Crippen LogP contribution is 2.20. The van der Waals surface area contributed by atoms with Gasteiger partial charge in [-0.15, -0.1) is 11.8 Å². The van der Waals surface area contributed by atoms with E-state index in [4.69, 9.17) is 9.52 Å². The van der Waals surface area contributed by atoms with Crippen LogP contribution in [0, 0.1) is 0 Å². The average molecular weight is 256 g/mol. The minimum atomic E-state index is -0.969. The number of rotatable bonds is 3. The van der Waals surface area contributed by atoms with Gasteiger partial charge < -0.3 is 19.7 Å². The average Bonchev–Trinajstić information content (AvgIpc) is 2.96. The lowest BCUT2D eigenvalue weighted by atomic mass is 10.3. The summed E-state index contributed by atoms with van der Waals surface area (Å²) in [5.74, 6) is 0.505. The summed E-state index contributed by atoms with van der Waals surface area (Å²) in [6.45, 7) is 0.263. The Kier molecular flexibility index (Phi) is 3.58. The summed E-state index contributed by atoms with van der Waals surface area (Å²) in [6, 6.07) is 2.36. The number of aliphatic carboxylic acids is 1. The summed E-state index contributed by atoms with van der Waals surface area (Å²) in [7, 11) is 0. The molecule has 1 aliphatic rings. The molecule has 1 unspecified atom stereocenters. The lowest BCUT2D eigenvalue weighted by Crippen LogP contribution is -2.46. The van der Waals surface area contributed by atoms with Crippen LogP contribution in [0.25, 0.3) is 0 Å². The number of nitrogens with zero attached hydrogens (tertiary/aromatic N) is 1. The highest BCUT2D eigenvalue weighted by Gasteiger charge is 2.34. The van der Waals surface area contributed by atoms with E-state index in [9.17, 15) is 9.59 Å². The molecule has 1 aromatic heterocycles. The first-order valence-corrected chi connectivity index (χ1v) is 6.21. The van der Waals surface area contributed by atoms with Gasteiger partial charge in [0.2, 0.25) is 0 Å². The fraction of sp³-hybridized carbons (Fsp3) is 0.400. The highest BCUT2D eigenvalue weighted by atomic mass is 32.2. The number of hydrogen-bond acceptors (Lipinski definition) is 4. The van der Waals surface area contributed by atoms with Crippen LogP contribution >= 0.6 is 11.8 Å². The number of carbonyl (C=O) groups excluding carboxylic acids is 1. The molecule has 1 aromatic rings. The Morgan fingerprint density at radius 3 is 3.12 bits per heavy atom. The van der Waals surface area contributed by atoms with Crippen LogP contribution < -0.4 is 5.32 Å². The zero-order valence-corrected chi connectivity index (χ0v) is 9.77. The number of thioether (sulfide) groups is 1. The van der Waals surface area contributed by atoms with Gasteiger partial charge in [-0.2, -0.15) is 0 Å². The van der Waals surface area contributed by atoms with Gasteiger partial charge in [-0.05, 0) is 12.1 Å². The second kappa shape index (κ2) is 5.13. The van der Waals surface area contributed by atoms with E-state index < -0.39 is 12.0 Å².